The molecule has 106 valence electrons. The molecule has 8 heteroatoms. The Hall–Kier alpha value is -0.960. The van der Waals surface area contributed by atoms with Gasteiger partial charge in [-0.2, -0.15) is 4.91 Å². The number of hydrogen-bond donors (Lipinski definition) is 0. The van der Waals surface area contributed by atoms with Gasteiger partial charge in [0.1, 0.15) is 0 Å². The largest absolute Gasteiger partial charge is 0.768 e. The quantitative estimate of drug-likeness (QED) is 0.584. The lowest BCUT2D eigenvalue weighted by atomic mass is 9.86. The van der Waals surface area contributed by atoms with E-state index >= 15 is 0 Å². The molecule has 2 unspecified atom stereocenters. The minimum absolute atomic E-state index is 0.0488. The predicted molar refractivity (Wildman–Crippen MR) is 69.0 cm³/mol. The highest BCUT2D eigenvalue weighted by Gasteiger charge is 2.21. The van der Waals surface area contributed by atoms with Gasteiger partial charge in [0.15, 0.2) is 0 Å². The Labute approximate surface area is 116 Å². The molecule has 0 aliphatic carbocycles. The van der Waals surface area contributed by atoms with Gasteiger partial charge in [0, 0.05) is 9.79 Å². The number of hydrogen-bond acceptors (Lipinski definition) is 6. The molecule has 0 saturated heterocycles. The zero-order valence-electron chi connectivity index (χ0n) is 10.5. The molecule has 0 spiro atoms. The van der Waals surface area contributed by atoms with Crippen LogP contribution in [0.1, 0.15) is 19.4 Å². The number of rotatable bonds is 6. The Morgan fingerprint density at radius 3 is 2.32 bits per heavy atom. The molecule has 0 aliphatic heterocycles. The van der Waals surface area contributed by atoms with Gasteiger partial charge in [-0.25, -0.2) is 0 Å². The Bertz CT molecular complexity index is 530. The predicted octanol–water partition coefficient (Wildman–Crippen LogP) is 1.50. The fourth-order valence-electron chi connectivity index (χ4n) is 1.69. The molecule has 1 aromatic carbocycles. The lowest BCUT2D eigenvalue weighted by molar-refractivity contribution is 0.373. The minimum atomic E-state index is -2.54. The van der Waals surface area contributed by atoms with Gasteiger partial charge in [0.05, 0.1) is 6.54 Å². The normalized spacial score (nSPS) is 14.9. The second-order valence-electron chi connectivity index (χ2n) is 4.87. The first-order valence-corrected chi connectivity index (χ1v) is 7.52. The van der Waals surface area contributed by atoms with Crippen LogP contribution in [0.15, 0.2) is 33.2 Å². The van der Waals surface area contributed by atoms with Crippen molar-refractivity contribution in [2.45, 2.75) is 30.1 Å². The molecule has 6 nitrogen and oxygen atoms in total. The molecule has 2 atom stereocenters. The van der Waals surface area contributed by atoms with Crippen molar-refractivity contribution in [2.24, 2.45) is 10.6 Å². The maximum absolute atomic E-state index is 11.2. The van der Waals surface area contributed by atoms with Crippen LogP contribution in [0, 0.1) is 10.3 Å². The molecule has 1 rings (SSSR count). The lowest BCUT2D eigenvalue weighted by Gasteiger charge is -2.23. The third-order valence-electron chi connectivity index (χ3n) is 2.57. The highest BCUT2D eigenvalue weighted by molar-refractivity contribution is 7.80. The van der Waals surface area contributed by atoms with Crippen molar-refractivity contribution in [1.29, 1.82) is 0 Å². The summed E-state index contributed by atoms with van der Waals surface area (Å²) in [6.07, 6.45) is 0.313. The van der Waals surface area contributed by atoms with E-state index in [1.807, 2.05) is 0 Å². The van der Waals surface area contributed by atoms with E-state index in [0.717, 1.165) is 6.07 Å². The van der Waals surface area contributed by atoms with Crippen LogP contribution in [0.25, 0.3) is 0 Å². The second kappa shape index (κ2) is 6.47. The van der Waals surface area contributed by atoms with E-state index in [-0.39, 0.29) is 16.3 Å². The first kappa shape index (κ1) is 16.1. The van der Waals surface area contributed by atoms with Crippen LogP contribution in [0.2, 0.25) is 0 Å². The summed E-state index contributed by atoms with van der Waals surface area (Å²) in [6.45, 7) is 3.62. The number of nitroso groups, excluding NO2 is 1. The third kappa shape index (κ3) is 4.57. The fraction of sp³-hybridized carbons (Fsp3) is 0.455. The summed E-state index contributed by atoms with van der Waals surface area (Å²) in [7, 11) is 0. The molecule has 0 radical (unpaired) electrons. The van der Waals surface area contributed by atoms with Crippen molar-refractivity contribution in [3.63, 3.8) is 0 Å². The van der Waals surface area contributed by atoms with E-state index in [1.54, 1.807) is 13.8 Å². The summed E-state index contributed by atoms with van der Waals surface area (Å²) in [5.74, 6) is 0. The highest BCUT2D eigenvalue weighted by atomic mass is 32.2. The Morgan fingerprint density at radius 1 is 1.21 bits per heavy atom. The minimum Gasteiger partial charge on any atom is -0.768 e. The number of nitrogens with zero attached hydrogens (tertiary/aromatic N) is 1. The molecule has 19 heavy (non-hydrogen) atoms. The molecule has 0 aromatic heterocycles. The van der Waals surface area contributed by atoms with Crippen molar-refractivity contribution in [2.75, 3.05) is 6.54 Å². The standard InChI is InChI=1S/C11H15NO5S2/c1-11(2,7-12-13)6-8-3-4-9(18(14)15)5-10(8)19(16)17/h3-5H,6-7H2,1-2H3,(H,14,15)(H,16,17)/p-2. The molecular weight excluding hydrogens is 290 g/mol. The van der Waals surface area contributed by atoms with Gasteiger partial charge in [-0.15, -0.1) is 0 Å². The van der Waals surface area contributed by atoms with E-state index in [2.05, 4.69) is 5.18 Å². The van der Waals surface area contributed by atoms with E-state index in [0.29, 0.717) is 12.0 Å². The molecule has 0 fully saturated rings. The van der Waals surface area contributed by atoms with Gasteiger partial charge in [0.2, 0.25) is 0 Å². The summed E-state index contributed by atoms with van der Waals surface area (Å²) in [5.41, 5.74) is -0.0234. The molecule has 0 N–H and O–H groups in total. The maximum Gasteiger partial charge on any atom is 0.0865 e. The fourth-order valence-corrected chi connectivity index (χ4v) is 2.73. The van der Waals surface area contributed by atoms with Crippen LogP contribution in [-0.4, -0.2) is 24.1 Å². The summed E-state index contributed by atoms with van der Waals surface area (Å²) < 4.78 is 43.9. The van der Waals surface area contributed by atoms with Gasteiger partial charge in [-0.3, -0.25) is 8.42 Å². The molecule has 0 aliphatic rings. The first-order valence-electron chi connectivity index (χ1n) is 5.37. The van der Waals surface area contributed by atoms with E-state index in [4.69, 9.17) is 0 Å². The van der Waals surface area contributed by atoms with Crippen molar-refractivity contribution >= 4 is 22.2 Å². The van der Waals surface area contributed by atoms with Crippen LogP contribution < -0.4 is 0 Å². The molecule has 1 aromatic rings. The highest BCUT2D eigenvalue weighted by Crippen LogP contribution is 2.27. The smallest absolute Gasteiger partial charge is 0.0865 e. The van der Waals surface area contributed by atoms with Crippen LogP contribution in [0.4, 0.5) is 0 Å². The van der Waals surface area contributed by atoms with Gasteiger partial charge < -0.3 is 9.11 Å². The van der Waals surface area contributed by atoms with Gasteiger partial charge >= 0.3 is 0 Å². The van der Waals surface area contributed by atoms with Gasteiger partial charge in [0.25, 0.3) is 0 Å². The van der Waals surface area contributed by atoms with Gasteiger partial charge in [-0.1, -0.05) is 25.1 Å². The summed E-state index contributed by atoms with van der Waals surface area (Å²) in [4.78, 5) is 10.2. The molecule has 0 bridgehead atoms. The topological polar surface area (TPSA) is 110 Å². The SMILES string of the molecule is CC(C)(CN=O)Cc1ccc(S(=O)[O-])cc1S(=O)[O-]. The molecule has 0 heterocycles. The Kier molecular flexibility index (Phi) is 5.48. The van der Waals surface area contributed by atoms with Crippen LogP contribution in [0.3, 0.4) is 0 Å². The summed E-state index contributed by atoms with van der Waals surface area (Å²) in [5, 5.41) is 2.82. The maximum atomic E-state index is 11.2. The van der Waals surface area contributed by atoms with Crippen LogP contribution in [0.5, 0.6) is 0 Å². The molecular formula is C11H13NO5S2-2. The Morgan fingerprint density at radius 2 is 1.84 bits per heavy atom. The number of benzene rings is 1. The van der Waals surface area contributed by atoms with Crippen LogP contribution >= 0.6 is 0 Å². The summed E-state index contributed by atoms with van der Waals surface area (Å²) >= 11 is -5.02. The van der Waals surface area contributed by atoms with Crippen molar-refractivity contribution in [3.05, 3.63) is 28.7 Å². The van der Waals surface area contributed by atoms with E-state index < -0.39 is 27.6 Å². The molecule has 0 amide bonds. The van der Waals surface area contributed by atoms with Gasteiger partial charge in [-0.05, 0) is 51.7 Å². The average molecular weight is 303 g/mol. The van der Waals surface area contributed by atoms with Crippen LogP contribution in [-0.2, 0) is 28.6 Å². The lowest BCUT2D eigenvalue weighted by Crippen LogP contribution is -2.19. The van der Waals surface area contributed by atoms with Crippen molar-refractivity contribution < 1.29 is 17.5 Å². The third-order valence-corrected chi connectivity index (χ3v) is 3.95. The monoisotopic (exact) mass is 303 g/mol. The van der Waals surface area contributed by atoms with E-state index in [1.165, 1.54) is 12.1 Å². The summed E-state index contributed by atoms with van der Waals surface area (Å²) in [6, 6.07) is 3.88. The van der Waals surface area contributed by atoms with Crippen molar-refractivity contribution in [3.8, 4) is 0 Å². The first-order chi connectivity index (χ1) is 8.76. The zero-order chi connectivity index (χ0) is 14.6. The van der Waals surface area contributed by atoms with Crippen molar-refractivity contribution in [1.82, 2.24) is 0 Å². The average Bonchev–Trinajstić information content (AvgIpc) is 2.27. The zero-order valence-corrected chi connectivity index (χ0v) is 12.1. The molecule has 0 saturated carbocycles. The van der Waals surface area contributed by atoms with E-state index in [9.17, 15) is 22.4 Å². The second-order valence-corrected chi connectivity index (χ2v) is 6.72. The Balaban J connectivity index is 3.17.